The Balaban J connectivity index is 1.98. The molecule has 1 rings (SSSR count). The molecule has 1 saturated heterocycles. The molecule has 0 aromatic heterocycles. The van der Waals surface area contributed by atoms with E-state index in [1.165, 1.54) is 37.5 Å². The first-order chi connectivity index (χ1) is 5.79. The quantitative estimate of drug-likeness (QED) is 0.406. The molecule has 0 bridgehead atoms. The number of hydrazine groups is 2. The van der Waals surface area contributed by atoms with E-state index in [0.29, 0.717) is 0 Å². The summed E-state index contributed by atoms with van der Waals surface area (Å²) in [6.07, 6.45) is 5.02. The standard InChI is InChI=1S/C8H20N4/c9-12(10)7-1-2-8-3-5-11-6-4-8/h8,11H,1-7,9-10H2. The molecule has 12 heavy (non-hydrogen) atoms. The summed E-state index contributed by atoms with van der Waals surface area (Å²) in [6, 6.07) is 0. The third-order valence-corrected chi connectivity index (χ3v) is 2.49. The van der Waals surface area contributed by atoms with Crippen LogP contribution in [0.4, 0.5) is 0 Å². The second-order valence-corrected chi connectivity index (χ2v) is 3.57. The van der Waals surface area contributed by atoms with E-state index in [-0.39, 0.29) is 0 Å². The average molecular weight is 172 g/mol. The van der Waals surface area contributed by atoms with E-state index in [9.17, 15) is 0 Å². The van der Waals surface area contributed by atoms with Crippen LogP contribution in [-0.2, 0) is 0 Å². The summed E-state index contributed by atoms with van der Waals surface area (Å²) in [5.41, 5.74) is 0. The van der Waals surface area contributed by atoms with Gasteiger partial charge in [0.15, 0.2) is 0 Å². The largest absolute Gasteiger partial charge is 0.317 e. The van der Waals surface area contributed by atoms with Gasteiger partial charge >= 0.3 is 0 Å². The zero-order chi connectivity index (χ0) is 8.81. The van der Waals surface area contributed by atoms with Crippen molar-refractivity contribution in [3.05, 3.63) is 0 Å². The molecule has 4 nitrogen and oxygen atoms in total. The normalized spacial score (nSPS) is 20.2. The number of hydrogen-bond donors (Lipinski definition) is 3. The molecule has 0 radical (unpaired) electrons. The molecular formula is C8H20N4. The van der Waals surface area contributed by atoms with E-state index >= 15 is 0 Å². The first-order valence-corrected chi connectivity index (χ1v) is 4.76. The predicted octanol–water partition coefficient (Wildman–Crippen LogP) is -0.184. The summed E-state index contributed by atoms with van der Waals surface area (Å²) in [6.45, 7) is 3.17. The zero-order valence-corrected chi connectivity index (χ0v) is 7.63. The van der Waals surface area contributed by atoms with Crippen molar-refractivity contribution in [2.75, 3.05) is 19.6 Å². The Bertz CT molecular complexity index is 110. The van der Waals surface area contributed by atoms with Gasteiger partial charge < -0.3 is 5.32 Å². The van der Waals surface area contributed by atoms with Gasteiger partial charge in [0, 0.05) is 6.54 Å². The number of hydrogen-bond acceptors (Lipinski definition) is 4. The van der Waals surface area contributed by atoms with Gasteiger partial charge in [0.1, 0.15) is 0 Å². The highest BCUT2D eigenvalue weighted by molar-refractivity contribution is 4.68. The number of nitrogens with one attached hydrogen (secondary N) is 1. The molecule has 1 heterocycles. The van der Waals surface area contributed by atoms with Gasteiger partial charge in [-0.1, -0.05) is 0 Å². The van der Waals surface area contributed by atoms with Crippen LogP contribution in [0.25, 0.3) is 0 Å². The van der Waals surface area contributed by atoms with Gasteiger partial charge in [0.2, 0.25) is 0 Å². The SMILES string of the molecule is NN(N)CCCC1CCNCC1. The second kappa shape index (κ2) is 5.48. The second-order valence-electron chi connectivity index (χ2n) is 3.57. The van der Waals surface area contributed by atoms with Crippen molar-refractivity contribution >= 4 is 0 Å². The molecule has 5 N–H and O–H groups in total. The molecule has 0 aliphatic carbocycles. The Kier molecular flexibility index (Phi) is 4.53. The van der Waals surface area contributed by atoms with Crippen LogP contribution in [0.5, 0.6) is 0 Å². The molecule has 0 spiro atoms. The lowest BCUT2D eigenvalue weighted by Crippen LogP contribution is -2.38. The van der Waals surface area contributed by atoms with Crippen molar-refractivity contribution < 1.29 is 0 Å². The molecule has 0 amide bonds. The Morgan fingerprint density at radius 2 is 1.92 bits per heavy atom. The maximum atomic E-state index is 5.31. The molecule has 1 aliphatic rings. The van der Waals surface area contributed by atoms with Gasteiger partial charge in [0.05, 0.1) is 0 Å². The first kappa shape index (κ1) is 9.92. The summed E-state index contributed by atoms with van der Waals surface area (Å²) >= 11 is 0. The molecule has 0 saturated carbocycles. The molecule has 72 valence electrons. The number of rotatable bonds is 4. The predicted molar refractivity (Wildman–Crippen MR) is 49.9 cm³/mol. The molecule has 1 aliphatic heterocycles. The minimum absolute atomic E-state index is 0.809. The highest BCUT2D eigenvalue weighted by atomic mass is 15.6. The fourth-order valence-electron chi connectivity index (χ4n) is 1.73. The van der Waals surface area contributed by atoms with Crippen LogP contribution in [0, 0.1) is 5.92 Å². The lowest BCUT2D eigenvalue weighted by Gasteiger charge is -2.22. The Labute approximate surface area is 74.2 Å². The van der Waals surface area contributed by atoms with Crippen LogP contribution < -0.4 is 17.0 Å². The Morgan fingerprint density at radius 1 is 1.25 bits per heavy atom. The fourth-order valence-corrected chi connectivity index (χ4v) is 1.73. The lowest BCUT2D eigenvalue weighted by molar-refractivity contribution is 0.264. The molecule has 4 heteroatoms. The summed E-state index contributed by atoms with van der Waals surface area (Å²) < 4.78 is 0. The van der Waals surface area contributed by atoms with Crippen LogP contribution in [0.3, 0.4) is 0 Å². The van der Waals surface area contributed by atoms with E-state index in [2.05, 4.69) is 5.32 Å². The summed E-state index contributed by atoms with van der Waals surface area (Å²) in [4.78, 5) is 0. The topological polar surface area (TPSA) is 67.3 Å². The highest BCUT2D eigenvalue weighted by Gasteiger charge is 2.11. The van der Waals surface area contributed by atoms with Crippen molar-refractivity contribution in [3.63, 3.8) is 0 Å². The number of nitrogens with two attached hydrogens (primary N) is 2. The van der Waals surface area contributed by atoms with Gasteiger partial charge in [0.25, 0.3) is 0 Å². The van der Waals surface area contributed by atoms with Gasteiger partial charge in [-0.15, -0.1) is 0 Å². The Morgan fingerprint density at radius 3 is 2.50 bits per heavy atom. The molecule has 0 unspecified atom stereocenters. The summed E-state index contributed by atoms with van der Waals surface area (Å²) in [5, 5.41) is 4.63. The van der Waals surface area contributed by atoms with Gasteiger partial charge in [-0.2, -0.15) is 5.12 Å². The van der Waals surface area contributed by atoms with Crippen LogP contribution in [0.2, 0.25) is 0 Å². The third-order valence-electron chi connectivity index (χ3n) is 2.49. The fraction of sp³-hybridized carbons (Fsp3) is 1.00. The average Bonchev–Trinajstić information content (AvgIpc) is 2.05. The van der Waals surface area contributed by atoms with Crippen LogP contribution >= 0.6 is 0 Å². The number of piperidine rings is 1. The maximum absolute atomic E-state index is 5.31. The van der Waals surface area contributed by atoms with Crippen molar-refractivity contribution in [2.45, 2.75) is 25.7 Å². The molecule has 0 aromatic rings. The molecule has 0 atom stereocenters. The monoisotopic (exact) mass is 172 g/mol. The zero-order valence-electron chi connectivity index (χ0n) is 7.63. The van der Waals surface area contributed by atoms with Crippen molar-refractivity contribution in [3.8, 4) is 0 Å². The van der Waals surface area contributed by atoms with E-state index in [4.69, 9.17) is 11.7 Å². The summed E-state index contributed by atoms with van der Waals surface area (Å²) in [7, 11) is 0. The van der Waals surface area contributed by atoms with E-state index in [1.807, 2.05) is 0 Å². The highest BCUT2D eigenvalue weighted by Crippen LogP contribution is 2.17. The van der Waals surface area contributed by atoms with Gasteiger partial charge in [-0.05, 0) is 44.7 Å². The van der Waals surface area contributed by atoms with Crippen LogP contribution in [0.15, 0.2) is 0 Å². The Hall–Kier alpha value is -0.160. The molecule has 1 fully saturated rings. The third kappa shape index (κ3) is 4.01. The molecule has 0 aromatic carbocycles. The maximum Gasteiger partial charge on any atom is 0.0283 e. The van der Waals surface area contributed by atoms with Crippen LogP contribution in [0.1, 0.15) is 25.7 Å². The van der Waals surface area contributed by atoms with Gasteiger partial charge in [-0.3, -0.25) is 11.7 Å². The van der Waals surface area contributed by atoms with Crippen molar-refractivity contribution in [1.82, 2.24) is 10.4 Å². The van der Waals surface area contributed by atoms with E-state index in [0.717, 1.165) is 18.9 Å². The summed E-state index contributed by atoms with van der Waals surface area (Å²) in [5.74, 6) is 11.5. The first-order valence-electron chi connectivity index (χ1n) is 4.76. The molecular weight excluding hydrogens is 152 g/mol. The smallest absolute Gasteiger partial charge is 0.0283 e. The lowest BCUT2D eigenvalue weighted by atomic mass is 9.93. The van der Waals surface area contributed by atoms with E-state index in [1.54, 1.807) is 0 Å². The van der Waals surface area contributed by atoms with E-state index < -0.39 is 0 Å². The van der Waals surface area contributed by atoms with Crippen LogP contribution in [-0.4, -0.2) is 24.8 Å². The number of nitrogens with zero attached hydrogens (tertiary/aromatic N) is 1. The van der Waals surface area contributed by atoms with Crippen molar-refractivity contribution in [1.29, 1.82) is 0 Å². The van der Waals surface area contributed by atoms with Crippen molar-refractivity contribution in [2.24, 2.45) is 17.6 Å². The minimum Gasteiger partial charge on any atom is -0.317 e. The van der Waals surface area contributed by atoms with Gasteiger partial charge in [-0.25, -0.2) is 0 Å². The minimum atomic E-state index is 0.809.